The van der Waals surface area contributed by atoms with Crippen molar-refractivity contribution < 1.29 is 0 Å². The fourth-order valence-electron chi connectivity index (χ4n) is 2.79. The van der Waals surface area contributed by atoms with Gasteiger partial charge in [0.25, 0.3) is 0 Å². The van der Waals surface area contributed by atoms with Crippen LogP contribution in [0.15, 0.2) is 46.9 Å². The predicted octanol–water partition coefficient (Wildman–Crippen LogP) is 4.34. The number of hydrogen-bond donors (Lipinski definition) is 1. The Morgan fingerprint density at radius 2 is 1.80 bits per heavy atom. The summed E-state index contributed by atoms with van der Waals surface area (Å²) in [7, 11) is 0. The van der Waals surface area contributed by atoms with Gasteiger partial charge in [0.15, 0.2) is 0 Å². The van der Waals surface area contributed by atoms with Crippen LogP contribution in [-0.4, -0.2) is 6.54 Å². The van der Waals surface area contributed by atoms with Crippen molar-refractivity contribution in [2.45, 2.75) is 31.6 Å². The summed E-state index contributed by atoms with van der Waals surface area (Å²) in [5.41, 5.74) is 11.7. The zero-order valence-corrected chi connectivity index (χ0v) is 13.4. The van der Waals surface area contributed by atoms with Crippen LogP contribution in [0.25, 0.3) is 0 Å². The molecule has 0 saturated heterocycles. The molecule has 0 bridgehead atoms. The van der Waals surface area contributed by atoms with E-state index < -0.39 is 0 Å². The molecule has 1 fully saturated rings. The van der Waals surface area contributed by atoms with Crippen molar-refractivity contribution in [2.75, 3.05) is 6.54 Å². The minimum atomic E-state index is 0.296. The fraction of sp³-hybridized carbons (Fsp3) is 0.333. The zero-order valence-electron chi connectivity index (χ0n) is 11.8. The average molecular weight is 330 g/mol. The molecule has 20 heavy (non-hydrogen) atoms. The van der Waals surface area contributed by atoms with Crippen LogP contribution in [0.3, 0.4) is 0 Å². The summed E-state index contributed by atoms with van der Waals surface area (Å²) in [5.74, 6) is 0. The Hall–Kier alpha value is -1.12. The summed E-state index contributed by atoms with van der Waals surface area (Å²) in [6.07, 6.45) is 3.47. The van der Waals surface area contributed by atoms with Gasteiger partial charge >= 0.3 is 0 Å². The highest BCUT2D eigenvalue weighted by atomic mass is 79.9. The largest absolute Gasteiger partial charge is 0.330 e. The van der Waals surface area contributed by atoms with E-state index in [1.54, 1.807) is 0 Å². The average Bonchev–Trinajstić information content (AvgIpc) is 3.25. The van der Waals surface area contributed by atoms with Crippen molar-refractivity contribution in [3.8, 4) is 0 Å². The molecular weight excluding hydrogens is 310 g/mol. The molecule has 0 atom stereocenters. The van der Waals surface area contributed by atoms with E-state index in [2.05, 4.69) is 65.3 Å². The lowest BCUT2D eigenvalue weighted by Gasteiger charge is -2.13. The molecule has 2 aromatic carbocycles. The van der Waals surface area contributed by atoms with Gasteiger partial charge in [-0.1, -0.05) is 46.3 Å². The molecule has 3 rings (SSSR count). The second-order valence-electron chi connectivity index (χ2n) is 5.93. The molecule has 1 aliphatic rings. The molecule has 1 aliphatic carbocycles. The van der Waals surface area contributed by atoms with Gasteiger partial charge in [0.2, 0.25) is 0 Å². The molecule has 0 aliphatic heterocycles. The van der Waals surface area contributed by atoms with Crippen molar-refractivity contribution in [3.05, 3.63) is 69.2 Å². The molecule has 0 unspecified atom stereocenters. The van der Waals surface area contributed by atoms with Gasteiger partial charge in [0.1, 0.15) is 0 Å². The molecule has 0 heterocycles. The topological polar surface area (TPSA) is 26.0 Å². The molecule has 2 N–H and O–H groups in total. The first-order valence-electron chi connectivity index (χ1n) is 7.17. The van der Waals surface area contributed by atoms with Gasteiger partial charge in [0, 0.05) is 16.4 Å². The van der Waals surface area contributed by atoms with Crippen LogP contribution in [0, 0.1) is 6.92 Å². The number of benzene rings is 2. The normalized spacial score (nSPS) is 16.1. The highest BCUT2D eigenvalue weighted by molar-refractivity contribution is 9.10. The maximum absolute atomic E-state index is 5.89. The smallest absolute Gasteiger partial charge is 0.0178 e. The Balaban J connectivity index is 1.80. The van der Waals surface area contributed by atoms with Crippen LogP contribution < -0.4 is 5.73 Å². The molecule has 1 nitrogen and oxygen atoms in total. The van der Waals surface area contributed by atoms with Crippen molar-refractivity contribution in [3.63, 3.8) is 0 Å². The van der Waals surface area contributed by atoms with Gasteiger partial charge in [-0.2, -0.15) is 0 Å². The third kappa shape index (κ3) is 2.68. The Labute approximate surface area is 129 Å². The molecular formula is C18H20BrN. The Bertz CT molecular complexity index is 612. The summed E-state index contributed by atoms with van der Waals surface area (Å²) in [4.78, 5) is 0. The third-order valence-electron chi connectivity index (χ3n) is 4.52. The van der Waals surface area contributed by atoms with Crippen molar-refractivity contribution in [2.24, 2.45) is 5.73 Å². The Morgan fingerprint density at radius 1 is 1.10 bits per heavy atom. The van der Waals surface area contributed by atoms with Crippen LogP contribution >= 0.6 is 15.9 Å². The lowest BCUT2D eigenvalue weighted by molar-refractivity contribution is 0.704. The van der Waals surface area contributed by atoms with E-state index in [9.17, 15) is 0 Å². The molecule has 0 aromatic heterocycles. The predicted molar refractivity (Wildman–Crippen MR) is 88.1 cm³/mol. The third-order valence-corrected chi connectivity index (χ3v) is 5.01. The summed E-state index contributed by atoms with van der Waals surface area (Å²) in [6, 6.07) is 15.5. The number of nitrogens with two attached hydrogens (primary N) is 1. The maximum Gasteiger partial charge on any atom is 0.0178 e. The SMILES string of the molecule is Cc1ccc(Br)cc1Cc1ccc(C2(CN)CC2)cc1. The fourth-order valence-corrected chi connectivity index (χ4v) is 3.20. The van der Waals surface area contributed by atoms with Gasteiger partial charge in [-0.3, -0.25) is 0 Å². The van der Waals surface area contributed by atoms with E-state index in [1.807, 2.05) is 0 Å². The molecule has 1 saturated carbocycles. The Morgan fingerprint density at radius 3 is 2.40 bits per heavy atom. The minimum Gasteiger partial charge on any atom is -0.330 e. The van der Waals surface area contributed by atoms with Crippen molar-refractivity contribution in [1.29, 1.82) is 0 Å². The molecule has 0 amide bonds. The molecule has 0 spiro atoms. The maximum atomic E-state index is 5.89. The standard InChI is InChI=1S/C18H20BrN/c1-13-2-7-17(19)11-15(13)10-14-3-5-16(6-4-14)18(12-20)8-9-18/h2-7,11H,8-10,12,20H2,1H3. The molecule has 104 valence electrons. The van der Waals surface area contributed by atoms with E-state index in [0.717, 1.165) is 17.4 Å². The first-order chi connectivity index (χ1) is 9.63. The zero-order chi connectivity index (χ0) is 14.2. The number of rotatable bonds is 4. The summed E-state index contributed by atoms with van der Waals surface area (Å²) >= 11 is 3.55. The van der Waals surface area contributed by atoms with Crippen molar-refractivity contribution in [1.82, 2.24) is 0 Å². The van der Waals surface area contributed by atoms with Crippen LogP contribution in [0.4, 0.5) is 0 Å². The molecule has 2 aromatic rings. The number of halogens is 1. The van der Waals surface area contributed by atoms with Gasteiger partial charge in [0.05, 0.1) is 0 Å². The Kier molecular flexibility index (Phi) is 3.70. The summed E-state index contributed by atoms with van der Waals surface area (Å²) in [6.45, 7) is 2.95. The van der Waals surface area contributed by atoms with Crippen LogP contribution in [-0.2, 0) is 11.8 Å². The summed E-state index contributed by atoms with van der Waals surface area (Å²) in [5, 5.41) is 0. The first kappa shape index (κ1) is 13.8. The van der Waals surface area contributed by atoms with E-state index in [4.69, 9.17) is 5.73 Å². The summed E-state index contributed by atoms with van der Waals surface area (Å²) < 4.78 is 1.15. The first-order valence-corrected chi connectivity index (χ1v) is 7.97. The monoisotopic (exact) mass is 329 g/mol. The van der Waals surface area contributed by atoms with Crippen LogP contribution in [0.2, 0.25) is 0 Å². The second kappa shape index (κ2) is 5.34. The second-order valence-corrected chi connectivity index (χ2v) is 6.84. The molecule has 0 radical (unpaired) electrons. The number of hydrogen-bond acceptors (Lipinski definition) is 1. The van der Waals surface area contributed by atoms with Crippen LogP contribution in [0.5, 0.6) is 0 Å². The quantitative estimate of drug-likeness (QED) is 0.887. The lowest BCUT2D eigenvalue weighted by atomic mass is 9.93. The highest BCUT2D eigenvalue weighted by Crippen LogP contribution is 2.47. The number of aryl methyl sites for hydroxylation is 1. The van der Waals surface area contributed by atoms with E-state index in [1.165, 1.54) is 35.1 Å². The van der Waals surface area contributed by atoms with E-state index in [0.29, 0.717) is 5.41 Å². The van der Waals surface area contributed by atoms with E-state index >= 15 is 0 Å². The van der Waals surface area contributed by atoms with Gasteiger partial charge < -0.3 is 5.73 Å². The minimum absolute atomic E-state index is 0.296. The highest BCUT2D eigenvalue weighted by Gasteiger charge is 2.42. The van der Waals surface area contributed by atoms with E-state index in [-0.39, 0.29) is 0 Å². The van der Waals surface area contributed by atoms with Gasteiger partial charge in [-0.15, -0.1) is 0 Å². The van der Waals surface area contributed by atoms with Gasteiger partial charge in [-0.25, -0.2) is 0 Å². The van der Waals surface area contributed by atoms with Gasteiger partial charge in [-0.05, 0) is 60.6 Å². The molecule has 2 heteroatoms. The van der Waals surface area contributed by atoms with Crippen molar-refractivity contribution >= 4 is 15.9 Å². The lowest BCUT2D eigenvalue weighted by Crippen LogP contribution is -2.19. The van der Waals surface area contributed by atoms with Crippen LogP contribution in [0.1, 0.15) is 35.1 Å².